The molecule has 4 unspecified atom stereocenters. The average molecular weight is 523 g/mol. The van der Waals surface area contributed by atoms with Gasteiger partial charge in [-0.2, -0.15) is 0 Å². The predicted molar refractivity (Wildman–Crippen MR) is 125 cm³/mol. The van der Waals surface area contributed by atoms with Crippen molar-refractivity contribution in [2.24, 2.45) is 5.73 Å². The summed E-state index contributed by atoms with van der Waals surface area (Å²) in [5.41, 5.74) is 6.76. The van der Waals surface area contributed by atoms with Crippen LogP contribution in [0.4, 0.5) is 0 Å². The molecule has 1 fully saturated rings. The highest BCUT2D eigenvalue weighted by molar-refractivity contribution is 5.95. The minimum atomic E-state index is -1.79. The Bertz CT molecular complexity index is 1030. The second-order valence-electron chi connectivity index (χ2n) is 8.66. The average Bonchev–Trinajstić information content (AvgIpc) is 3.31. The Balaban J connectivity index is 2.10. The number of aromatic hydroxyl groups is 1. The molecule has 0 saturated carbocycles. The number of carboxylic acids is 3. The number of aliphatic carboxylic acids is 3. The summed E-state index contributed by atoms with van der Waals surface area (Å²) in [4.78, 5) is 73.2. The zero-order chi connectivity index (χ0) is 27.7. The first kappa shape index (κ1) is 29.0. The molecule has 14 heteroatoms. The zero-order valence-corrected chi connectivity index (χ0v) is 19.8. The highest BCUT2D eigenvalue weighted by Gasteiger charge is 2.38. The number of hydrogen-bond acceptors (Lipinski definition) is 8. The third-order valence-electron chi connectivity index (χ3n) is 5.82. The second kappa shape index (κ2) is 13.2. The molecule has 1 aliphatic heterocycles. The number of nitrogens with zero attached hydrogens (tertiary/aromatic N) is 1. The molecule has 8 N–H and O–H groups in total. The van der Waals surface area contributed by atoms with Crippen LogP contribution in [0.15, 0.2) is 24.3 Å². The van der Waals surface area contributed by atoms with Crippen LogP contribution < -0.4 is 16.4 Å². The number of carboxylic acid groups (broad SMARTS) is 3. The number of phenols is 1. The van der Waals surface area contributed by atoms with Crippen LogP contribution in [0.2, 0.25) is 0 Å². The zero-order valence-electron chi connectivity index (χ0n) is 19.8. The normalized spacial score (nSPS) is 17.3. The molecule has 1 aromatic carbocycles. The number of phenolic OH excluding ortho intramolecular Hbond substituents is 1. The lowest BCUT2D eigenvalue weighted by molar-refractivity contribution is -0.147. The Morgan fingerprint density at radius 3 is 2.19 bits per heavy atom. The smallest absolute Gasteiger partial charge is 0.326 e. The SMILES string of the molecule is NC(Cc1ccc(O)cc1)C(=O)N1CCCC1C(=O)NC(CCC(=O)O)C(=O)NC(CC(=O)O)C(=O)O. The number of amides is 3. The fourth-order valence-corrected chi connectivity index (χ4v) is 3.94. The third kappa shape index (κ3) is 8.75. The highest BCUT2D eigenvalue weighted by atomic mass is 16.4. The van der Waals surface area contributed by atoms with Crippen LogP contribution in [0.25, 0.3) is 0 Å². The van der Waals surface area contributed by atoms with Crippen molar-refractivity contribution in [3.05, 3.63) is 29.8 Å². The van der Waals surface area contributed by atoms with Gasteiger partial charge in [0.1, 0.15) is 23.9 Å². The lowest BCUT2D eigenvalue weighted by Crippen LogP contribution is -2.57. The van der Waals surface area contributed by atoms with E-state index in [0.29, 0.717) is 12.0 Å². The molecule has 0 bridgehead atoms. The Hall–Kier alpha value is -4.20. The summed E-state index contributed by atoms with van der Waals surface area (Å²) in [6, 6.07) is 0.857. The van der Waals surface area contributed by atoms with E-state index in [4.69, 9.17) is 21.1 Å². The van der Waals surface area contributed by atoms with Gasteiger partial charge in [-0.3, -0.25) is 24.0 Å². The first-order valence-corrected chi connectivity index (χ1v) is 11.5. The van der Waals surface area contributed by atoms with Gasteiger partial charge in [-0.15, -0.1) is 0 Å². The highest BCUT2D eigenvalue weighted by Crippen LogP contribution is 2.20. The Morgan fingerprint density at radius 1 is 0.973 bits per heavy atom. The summed E-state index contributed by atoms with van der Waals surface area (Å²) in [5, 5.41) is 40.8. The van der Waals surface area contributed by atoms with Crippen molar-refractivity contribution in [2.75, 3.05) is 6.54 Å². The Kier molecular flexibility index (Phi) is 10.4. The van der Waals surface area contributed by atoms with Crippen molar-refractivity contribution in [1.82, 2.24) is 15.5 Å². The lowest BCUT2D eigenvalue weighted by atomic mass is 10.0. The molecule has 0 aliphatic carbocycles. The Morgan fingerprint density at radius 2 is 1.62 bits per heavy atom. The molecule has 37 heavy (non-hydrogen) atoms. The standard InChI is InChI=1S/C23H30N4O10/c24-14(10-12-3-5-13(28)6-4-12)22(35)27-9-1-2-17(27)21(34)25-15(7-8-18(29)30)20(33)26-16(23(36)37)11-19(31)32/h3-6,14-17,28H,1-2,7-11,24H2,(H,25,34)(H,26,33)(H,29,30)(H,31,32)(H,36,37). The van der Waals surface area contributed by atoms with Crippen LogP contribution in [-0.4, -0.2) is 91.7 Å². The van der Waals surface area contributed by atoms with Crippen LogP contribution in [0.3, 0.4) is 0 Å². The van der Waals surface area contributed by atoms with Gasteiger partial charge >= 0.3 is 17.9 Å². The van der Waals surface area contributed by atoms with E-state index in [1.54, 1.807) is 12.1 Å². The van der Waals surface area contributed by atoms with Gasteiger partial charge in [0.2, 0.25) is 17.7 Å². The van der Waals surface area contributed by atoms with Crippen molar-refractivity contribution in [2.45, 2.75) is 62.7 Å². The molecule has 1 aliphatic rings. The number of nitrogens with two attached hydrogens (primary N) is 1. The van der Waals surface area contributed by atoms with Crippen molar-refractivity contribution in [3.63, 3.8) is 0 Å². The van der Waals surface area contributed by atoms with Gasteiger partial charge in [-0.25, -0.2) is 4.79 Å². The first-order chi connectivity index (χ1) is 17.4. The van der Waals surface area contributed by atoms with E-state index in [1.165, 1.54) is 17.0 Å². The summed E-state index contributed by atoms with van der Waals surface area (Å²) in [6.45, 7) is 0.228. The molecular formula is C23H30N4O10. The quantitative estimate of drug-likeness (QED) is 0.160. The topological polar surface area (TPSA) is 237 Å². The molecule has 1 heterocycles. The van der Waals surface area contributed by atoms with Crippen molar-refractivity contribution < 1.29 is 49.2 Å². The maximum Gasteiger partial charge on any atom is 0.326 e. The molecule has 14 nitrogen and oxygen atoms in total. The van der Waals surface area contributed by atoms with E-state index in [0.717, 1.165) is 0 Å². The fraction of sp³-hybridized carbons (Fsp3) is 0.478. The molecule has 1 aromatic rings. The number of hydrogen-bond donors (Lipinski definition) is 7. The summed E-state index contributed by atoms with van der Waals surface area (Å²) in [6.07, 6.45) is -0.986. The predicted octanol–water partition coefficient (Wildman–Crippen LogP) is -1.35. The number of likely N-dealkylation sites (tertiary alicyclic amines) is 1. The molecule has 0 spiro atoms. The van der Waals surface area contributed by atoms with Gasteiger partial charge in [0.05, 0.1) is 12.5 Å². The Labute approximate surface area is 211 Å². The van der Waals surface area contributed by atoms with Crippen molar-refractivity contribution in [1.29, 1.82) is 0 Å². The summed E-state index contributed by atoms with van der Waals surface area (Å²) in [7, 11) is 0. The van der Waals surface area contributed by atoms with Gasteiger partial charge in [0, 0.05) is 13.0 Å². The van der Waals surface area contributed by atoms with Crippen molar-refractivity contribution >= 4 is 35.6 Å². The minimum absolute atomic E-state index is 0.0547. The molecule has 2 rings (SSSR count). The number of rotatable bonds is 13. The van der Waals surface area contributed by atoms with Crippen LogP contribution in [0.1, 0.15) is 37.7 Å². The number of nitrogens with one attached hydrogen (secondary N) is 2. The van der Waals surface area contributed by atoms with Gasteiger partial charge in [-0.05, 0) is 43.4 Å². The van der Waals surface area contributed by atoms with Gasteiger partial charge in [-0.1, -0.05) is 12.1 Å². The molecule has 3 amide bonds. The van der Waals surface area contributed by atoms with E-state index in [2.05, 4.69) is 5.32 Å². The van der Waals surface area contributed by atoms with Crippen LogP contribution in [-0.2, 0) is 35.2 Å². The third-order valence-corrected chi connectivity index (χ3v) is 5.82. The molecular weight excluding hydrogens is 492 g/mol. The summed E-state index contributed by atoms with van der Waals surface area (Å²) < 4.78 is 0. The number of carbonyl (C=O) groups excluding carboxylic acids is 3. The fourth-order valence-electron chi connectivity index (χ4n) is 3.94. The second-order valence-corrected chi connectivity index (χ2v) is 8.66. The molecule has 202 valence electrons. The van der Waals surface area contributed by atoms with E-state index in [9.17, 15) is 33.9 Å². The van der Waals surface area contributed by atoms with Gasteiger partial charge < -0.3 is 41.7 Å². The van der Waals surface area contributed by atoms with Crippen LogP contribution >= 0.6 is 0 Å². The maximum atomic E-state index is 13.0. The van der Waals surface area contributed by atoms with Gasteiger partial charge in [0.15, 0.2) is 0 Å². The van der Waals surface area contributed by atoms with E-state index < -0.39 is 79.1 Å². The van der Waals surface area contributed by atoms with Gasteiger partial charge in [0.25, 0.3) is 0 Å². The molecule has 0 radical (unpaired) electrons. The van der Waals surface area contributed by atoms with E-state index in [-0.39, 0.29) is 25.1 Å². The number of carbonyl (C=O) groups is 6. The maximum absolute atomic E-state index is 13.0. The molecule has 4 atom stereocenters. The lowest BCUT2D eigenvalue weighted by Gasteiger charge is -2.28. The molecule has 1 saturated heterocycles. The van der Waals surface area contributed by atoms with Crippen LogP contribution in [0.5, 0.6) is 5.75 Å². The van der Waals surface area contributed by atoms with Crippen molar-refractivity contribution in [3.8, 4) is 5.75 Å². The van der Waals surface area contributed by atoms with E-state index in [1.807, 2.05) is 5.32 Å². The molecule has 0 aromatic heterocycles. The minimum Gasteiger partial charge on any atom is -0.508 e. The largest absolute Gasteiger partial charge is 0.508 e. The van der Waals surface area contributed by atoms with E-state index >= 15 is 0 Å². The van der Waals surface area contributed by atoms with Crippen LogP contribution in [0, 0.1) is 0 Å². The summed E-state index contributed by atoms with van der Waals surface area (Å²) >= 11 is 0. The summed E-state index contributed by atoms with van der Waals surface area (Å²) in [5.74, 6) is -6.65. The monoisotopic (exact) mass is 522 g/mol. The number of benzene rings is 1. The first-order valence-electron chi connectivity index (χ1n) is 11.5.